The van der Waals surface area contributed by atoms with Crippen molar-refractivity contribution >= 4 is 17.3 Å². The second-order valence-electron chi connectivity index (χ2n) is 4.56. The number of aryl methyl sites for hydroxylation is 2. The summed E-state index contributed by atoms with van der Waals surface area (Å²) in [5.41, 5.74) is 4.33. The molecule has 1 atom stereocenters. The number of nitrogens with zero attached hydrogens (tertiary/aromatic N) is 2. The normalized spacial score (nSPS) is 12.5. The fraction of sp³-hybridized carbons (Fsp3) is 0.357. The molecule has 96 valence electrons. The van der Waals surface area contributed by atoms with E-state index in [1.165, 1.54) is 0 Å². The van der Waals surface area contributed by atoms with E-state index in [9.17, 15) is 0 Å². The van der Waals surface area contributed by atoms with E-state index in [1.807, 2.05) is 42.9 Å². The van der Waals surface area contributed by atoms with Crippen molar-refractivity contribution in [3.05, 3.63) is 46.2 Å². The summed E-state index contributed by atoms with van der Waals surface area (Å²) in [6.07, 6.45) is 0. The first-order valence-electron chi connectivity index (χ1n) is 6.02. The molecule has 1 heterocycles. The van der Waals surface area contributed by atoms with Gasteiger partial charge in [-0.25, -0.2) is 0 Å². The molecule has 3 nitrogen and oxygen atoms in total. The van der Waals surface area contributed by atoms with Gasteiger partial charge in [0.05, 0.1) is 23.1 Å². The quantitative estimate of drug-likeness (QED) is 0.911. The highest BCUT2D eigenvalue weighted by molar-refractivity contribution is 6.31. The van der Waals surface area contributed by atoms with E-state index in [4.69, 9.17) is 11.6 Å². The zero-order chi connectivity index (χ0) is 13.3. The molecule has 0 radical (unpaired) electrons. The first-order valence-corrected chi connectivity index (χ1v) is 6.39. The van der Waals surface area contributed by atoms with Gasteiger partial charge in [0, 0.05) is 12.1 Å². The molecule has 1 N–H and O–H groups in total. The van der Waals surface area contributed by atoms with Crippen LogP contribution >= 0.6 is 11.6 Å². The number of anilines is 1. The van der Waals surface area contributed by atoms with Crippen LogP contribution in [0, 0.1) is 13.8 Å². The molecule has 1 unspecified atom stereocenters. The minimum absolute atomic E-state index is 0.153. The molecule has 0 spiro atoms. The average Bonchev–Trinajstić information content (AvgIpc) is 2.56. The summed E-state index contributed by atoms with van der Waals surface area (Å²) in [7, 11) is 1.95. The van der Waals surface area contributed by atoms with Crippen LogP contribution in [0.15, 0.2) is 24.3 Å². The van der Waals surface area contributed by atoms with Crippen molar-refractivity contribution in [2.45, 2.75) is 26.8 Å². The Bertz CT molecular complexity index is 560. The van der Waals surface area contributed by atoms with E-state index in [2.05, 4.69) is 24.3 Å². The lowest BCUT2D eigenvalue weighted by Gasteiger charge is -2.17. The van der Waals surface area contributed by atoms with Crippen molar-refractivity contribution in [3.8, 4) is 0 Å². The van der Waals surface area contributed by atoms with Crippen LogP contribution in [0.4, 0.5) is 5.69 Å². The molecular weight excluding hydrogens is 246 g/mol. The van der Waals surface area contributed by atoms with Crippen LogP contribution < -0.4 is 5.32 Å². The zero-order valence-electron chi connectivity index (χ0n) is 11.2. The Kier molecular flexibility index (Phi) is 3.62. The molecule has 18 heavy (non-hydrogen) atoms. The predicted molar refractivity (Wildman–Crippen MR) is 76.2 cm³/mol. The maximum absolute atomic E-state index is 6.21. The monoisotopic (exact) mass is 263 g/mol. The van der Waals surface area contributed by atoms with E-state index >= 15 is 0 Å². The summed E-state index contributed by atoms with van der Waals surface area (Å²) >= 11 is 6.21. The highest BCUT2D eigenvalue weighted by Crippen LogP contribution is 2.28. The lowest BCUT2D eigenvalue weighted by Crippen LogP contribution is -2.08. The average molecular weight is 264 g/mol. The van der Waals surface area contributed by atoms with Crippen LogP contribution in [0.5, 0.6) is 0 Å². The highest BCUT2D eigenvalue weighted by Gasteiger charge is 2.14. The van der Waals surface area contributed by atoms with Crippen LogP contribution in [0.3, 0.4) is 0 Å². The molecule has 0 bridgehead atoms. The van der Waals surface area contributed by atoms with Gasteiger partial charge in [0.2, 0.25) is 0 Å². The Balaban J connectivity index is 2.27. The van der Waals surface area contributed by atoms with Gasteiger partial charge in [0.1, 0.15) is 0 Å². The van der Waals surface area contributed by atoms with E-state index in [1.54, 1.807) is 0 Å². The van der Waals surface area contributed by atoms with Crippen molar-refractivity contribution < 1.29 is 0 Å². The van der Waals surface area contributed by atoms with Gasteiger partial charge in [0.15, 0.2) is 0 Å². The SMILES string of the molecule is Cc1nn(C)c(C)c1NC(C)c1ccccc1Cl. The fourth-order valence-electron chi connectivity index (χ4n) is 2.10. The summed E-state index contributed by atoms with van der Waals surface area (Å²) in [5.74, 6) is 0. The van der Waals surface area contributed by atoms with Gasteiger partial charge in [-0.3, -0.25) is 4.68 Å². The van der Waals surface area contributed by atoms with Gasteiger partial charge in [-0.2, -0.15) is 5.10 Å². The molecule has 0 amide bonds. The fourth-order valence-corrected chi connectivity index (χ4v) is 2.40. The van der Waals surface area contributed by atoms with Crippen LogP contribution in [-0.2, 0) is 7.05 Å². The minimum Gasteiger partial charge on any atom is -0.375 e. The number of benzene rings is 1. The topological polar surface area (TPSA) is 29.9 Å². The van der Waals surface area contributed by atoms with Gasteiger partial charge in [-0.15, -0.1) is 0 Å². The van der Waals surface area contributed by atoms with E-state index in [-0.39, 0.29) is 6.04 Å². The van der Waals surface area contributed by atoms with Crippen molar-refractivity contribution in [2.75, 3.05) is 5.32 Å². The summed E-state index contributed by atoms with van der Waals surface area (Å²) in [5, 5.41) is 8.68. The maximum Gasteiger partial charge on any atom is 0.0828 e. The maximum atomic E-state index is 6.21. The Morgan fingerprint density at radius 2 is 1.94 bits per heavy atom. The lowest BCUT2D eigenvalue weighted by atomic mass is 10.1. The summed E-state index contributed by atoms with van der Waals surface area (Å²) < 4.78 is 1.89. The zero-order valence-corrected chi connectivity index (χ0v) is 11.9. The molecule has 0 saturated heterocycles. The molecule has 1 aromatic heterocycles. The third kappa shape index (κ3) is 2.36. The third-order valence-electron chi connectivity index (χ3n) is 3.24. The van der Waals surface area contributed by atoms with Crippen LogP contribution in [-0.4, -0.2) is 9.78 Å². The Labute approximate surface area is 113 Å². The smallest absolute Gasteiger partial charge is 0.0828 e. The number of aromatic nitrogens is 2. The van der Waals surface area contributed by atoms with Gasteiger partial charge in [-0.1, -0.05) is 29.8 Å². The number of halogens is 1. The van der Waals surface area contributed by atoms with Gasteiger partial charge < -0.3 is 5.32 Å². The van der Waals surface area contributed by atoms with Crippen LogP contribution in [0.25, 0.3) is 0 Å². The van der Waals surface area contributed by atoms with Crippen LogP contribution in [0.1, 0.15) is 29.9 Å². The molecule has 2 aromatic rings. The summed E-state index contributed by atoms with van der Waals surface area (Å²) in [6, 6.07) is 8.06. The first kappa shape index (κ1) is 13.0. The predicted octanol–water partition coefficient (Wildman–Crippen LogP) is 3.86. The molecule has 2 rings (SSSR count). The van der Waals surface area contributed by atoms with Crippen molar-refractivity contribution in [2.24, 2.45) is 7.05 Å². The number of hydrogen-bond acceptors (Lipinski definition) is 2. The van der Waals surface area contributed by atoms with E-state index < -0.39 is 0 Å². The second kappa shape index (κ2) is 5.02. The minimum atomic E-state index is 0.153. The number of hydrogen-bond donors (Lipinski definition) is 1. The first-order chi connectivity index (χ1) is 8.50. The largest absolute Gasteiger partial charge is 0.375 e. The summed E-state index contributed by atoms with van der Waals surface area (Å²) in [6.45, 7) is 6.17. The van der Waals surface area contributed by atoms with Crippen molar-refractivity contribution in [1.82, 2.24) is 9.78 Å². The Hall–Kier alpha value is -1.48. The Morgan fingerprint density at radius 1 is 1.28 bits per heavy atom. The summed E-state index contributed by atoms with van der Waals surface area (Å²) in [4.78, 5) is 0. The molecule has 0 aliphatic rings. The lowest BCUT2D eigenvalue weighted by molar-refractivity contribution is 0.731. The Morgan fingerprint density at radius 3 is 2.50 bits per heavy atom. The number of nitrogens with one attached hydrogen (secondary N) is 1. The molecule has 4 heteroatoms. The molecule has 0 aliphatic heterocycles. The molecule has 0 fully saturated rings. The van der Waals surface area contributed by atoms with E-state index in [0.717, 1.165) is 27.7 Å². The third-order valence-corrected chi connectivity index (χ3v) is 3.59. The molecule has 0 saturated carbocycles. The van der Waals surface area contributed by atoms with Gasteiger partial charge in [0.25, 0.3) is 0 Å². The van der Waals surface area contributed by atoms with Crippen LogP contribution in [0.2, 0.25) is 5.02 Å². The van der Waals surface area contributed by atoms with Gasteiger partial charge >= 0.3 is 0 Å². The van der Waals surface area contributed by atoms with Gasteiger partial charge in [-0.05, 0) is 32.4 Å². The van der Waals surface area contributed by atoms with Crippen molar-refractivity contribution in [1.29, 1.82) is 0 Å². The standard InChI is InChI=1S/C14H18ClN3/c1-9(12-7-5-6-8-13(12)15)16-14-10(2)17-18(4)11(14)3/h5-9,16H,1-4H3. The second-order valence-corrected chi connectivity index (χ2v) is 4.96. The molecule has 0 aliphatic carbocycles. The van der Waals surface area contributed by atoms with E-state index in [0.29, 0.717) is 0 Å². The van der Waals surface area contributed by atoms with Crippen molar-refractivity contribution in [3.63, 3.8) is 0 Å². The molecular formula is C14H18ClN3. The highest BCUT2D eigenvalue weighted by atomic mass is 35.5. The molecule has 1 aromatic carbocycles. The number of rotatable bonds is 3.